The van der Waals surface area contributed by atoms with Crippen molar-refractivity contribution in [3.05, 3.63) is 28.2 Å². The van der Waals surface area contributed by atoms with Crippen LogP contribution in [0.4, 0.5) is 0 Å². The largest absolute Gasteiger partial charge is 0.348 e. The monoisotopic (exact) mass is 277 g/mol. The summed E-state index contributed by atoms with van der Waals surface area (Å²) in [6.45, 7) is 1.85. The Bertz CT molecular complexity index is 396. The van der Waals surface area contributed by atoms with Gasteiger partial charge in [0.2, 0.25) is 5.91 Å². The lowest BCUT2D eigenvalue weighted by Gasteiger charge is -2.16. The molecule has 0 aliphatic heterocycles. The van der Waals surface area contributed by atoms with Crippen molar-refractivity contribution in [1.82, 2.24) is 4.90 Å². The fourth-order valence-corrected chi connectivity index (χ4v) is 2.73. The van der Waals surface area contributed by atoms with Gasteiger partial charge in [-0.2, -0.15) is 0 Å². The molecular formula is C11H13Cl2NOS. The summed E-state index contributed by atoms with van der Waals surface area (Å²) < 4.78 is 0. The van der Waals surface area contributed by atoms with Crippen molar-refractivity contribution in [3.63, 3.8) is 0 Å². The molecule has 1 aromatic carbocycles. The van der Waals surface area contributed by atoms with E-state index in [1.54, 1.807) is 37.2 Å². The maximum absolute atomic E-state index is 11.7. The van der Waals surface area contributed by atoms with Crippen LogP contribution in [-0.4, -0.2) is 30.2 Å². The molecule has 1 amide bonds. The summed E-state index contributed by atoms with van der Waals surface area (Å²) in [5.41, 5.74) is 0. The zero-order chi connectivity index (χ0) is 12.3. The molecule has 88 valence electrons. The zero-order valence-corrected chi connectivity index (χ0v) is 11.7. The third-order valence-electron chi connectivity index (χ3n) is 1.99. The Labute approximate surface area is 110 Å². The van der Waals surface area contributed by atoms with Gasteiger partial charge in [-0.15, -0.1) is 11.8 Å². The first-order chi connectivity index (χ1) is 7.41. The molecule has 0 aliphatic rings. The molecule has 2 nitrogen and oxygen atoms in total. The minimum absolute atomic E-state index is 0.0565. The average Bonchev–Trinajstić information content (AvgIpc) is 2.22. The van der Waals surface area contributed by atoms with Gasteiger partial charge >= 0.3 is 0 Å². The molecule has 0 bridgehead atoms. The van der Waals surface area contributed by atoms with Crippen LogP contribution in [0, 0.1) is 0 Å². The number of carbonyl (C=O) groups is 1. The molecule has 0 radical (unpaired) electrons. The lowest BCUT2D eigenvalue weighted by Crippen LogP contribution is -2.29. The highest BCUT2D eigenvalue weighted by molar-refractivity contribution is 8.00. The highest BCUT2D eigenvalue weighted by Gasteiger charge is 2.17. The van der Waals surface area contributed by atoms with Gasteiger partial charge in [-0.1, -0.05) is 23.2 Å². The average molecular weight is 278 g/mol. The fraction of sp³-hybridized carbons (Fsp3) is 0.364. The van der Waals surface area contributed by atoms with Gasteiger partial charge in [0.15, 0.2) is 0 Å². The third kappa shape index (κ3) is 3.58. The van der Waals surface area contributed by atoms with E-state index in [-0.39, 0.29) is 11.2 Å². The molecule has 0 aromatic heterocycles. The number of rotatable bonds is 3. The molecule has 0 fully saturated rings. The van der Waals surface area contributed by atoms with Gasteiger partial charge in [0.05, 0.1) is 10.3 Å². The van der Waals surface area contributed by atoms with E-state index in [1.807, 2.05) is 6.92 Å². The van der Waals surface area contributed by atoms with Gasteiger partial charge in [-0.3, -0.25) is 4.79 Å². The van der Waals surface area contributed by atoms with E-state index in [0.717, 1.165) is 4.90 Å². The first kappa shape index (κ1) is 13.7. The Morgan fingerprint density at radius 3 is 2.56 bits per heavy atom. The molecule has 1 unspecified atom stereocenters. The van der Waals surface area contributed by atoms with E-state index in [0.29, 0.717) is 10.0 Å². The first-order valence-corrected chi connectivity index (χ1v) is 6.38. The van der Waals surface area contributed by atoms with Gasteiger partial charge < -0.3 is 4.90 Å². The Morgan fingerprint density at radius 1 is 1.38 bits per heavy atom. The topological polar surface area (TPSA) is 20.3 Å². The predicted octanol–water partition coefficient (Wildman–Crippen LogP) is 3.56. The standard InChI is InChI=1S/C11H13Cl2NOS/c1-7(11(15)14(2)3)16-10-6-8(12)4-5-9(10)13/h4-7H,1-3H3. The molecule has 0 spiro atoms. The van der Waals surface area contributed by atoms with Crippen molar-refractivity contribution >= 4 is 40.9 Å². The molecule has 0 N–H and O–H groups in total. The van der Waals surface area contributed by atoms with Gasteiger partial charge in [0.1, 0.15) is 0 Å². The second kappa shape index (κ2) is 5.80. The molecule has 5 heteroatoms. The third-order valence-corrected chi connectivity index (χ3v) is 3.81. The summed E-state index contributed by atoms with van der Waals surface area (Å²) in [6, 6.07) is 5.24. The summed E-state index contributed by atoms with van der Waals surface area (Å²) in [4.78, 5) is 14.1. The van der Waals surface area contributed by atoms with E-state index in [9.17, 15) is 4.79 Å². The number of hydrogen-bond acceptors (Lipinski definition) is 2. The number of hydrogen-bond donors (Lipinski definition) is 0. The smallest absolute Gasteiger partial charge is 0.235 e. The highest BCUT2D eigenvalue weighted by Crippen LogP contribution is 2.32. The highest BCUT2D eigenvalue weighted by atomic mass is 35.5. The number of amides is 1. The molecule has 1 aromatic rings. The van der Waals surface area contributed by atoms with Crippen molar-refractivity contribution in [2.24, 2.45) is 0 Å². The summed E-state index contributed by atoms with van der Waals surface area (Å²) in [5, 5.41) is 1.06. The van der Waals surface area contributed by atoms with Gasteiger partial charge in [0.25, 0.3) is 0 Å². The molecule has 0 saturated carbocycles. The first-order valence-electron chi connectivity index (χ1n) is 4.74. The van der Waals surface area contributed by atoms with Crippen LogP contribution in [0.5, 0.6) is 0 Å². The molecule has 0 saturated heterocycles. The molecular weight excluding hydrogens is 265 g/mol. The number of benzene rings is 1. The lowest BCUT2D eigenvalue weighted by atomic mass is 10.4. The van der Waals surface area contributed by atoms with Crippen molar-refractivity contribution in [2.75, 3.05) is 14.1 Å². The van der Waals surface area contributed by atoms with E-state index in [2.05, 4.69) is 0 Å². The van der Waals surface area contributed by atoms with Crippen molar-refractivity contribution in [3.8, 4) is 0 Å². The summed E-state index contributed by atoms with van der Waals surface area (Å²) in [7, 11) is 3.47. The van der Waals surface area contributed by atoms with Crippen LogP contribution in [0.1, 0.15) is 6.92 Å². The fourth-order valence-electron chi connectivity index (χ4n) is 1.17. The van der Waals surface area contributed by atoms with Gasteiger partial charge in [0, 0.05) is 24.0 Å². The zero-order valence-electron chi connectivity index (χ0n) is 9.33. The molecule has 0 heterocycles. The second-order valence-corrected chi connectivity index (χ2v) is 5.79. The maximum atomic E-state index is 11.7. The Hall–Kier alpha value is -0.380. The second-order valence-electron chi connectivity index (χ2n) is 3.57. The molecule has 16 heavy (non-hydrogen) atoms. The molecule has 1 rings (SSSR count). The number of halogens is 2. The van der Waals surface area contributed by atoms with Crippen LogP contribution in [0.15, 0.2) is 23.1 Å². The van der Waals surface area contributed by atoms with E-state index in [4.69, 9.17) is 23.2 Å². The predicted molar refractivity (Wildman–Crippen MR) is 70.5 cm³/mol. The quantitative estimate of drug-likeness (QED) is 0.788. The van der Waals surface area contributed by atoms with Crippen molar-refractivity contribution in [1.29, 1.82) is 0 Å². The van der Waals surface area contributed by atoms with E-state index in [1.165, 1.54) is 11.8 Å². The molecule has 0 aliphatic carbocycles. The number of carbonyl (C=O) groups excluding carboxylic acids is 1. The van der Waals surface area contributed by atoms with Gasteiger partial charge in [-0.05, 0) is 25.1 Å². The Kier molecular flexibility index (Phi) is 4.96. The Balaban J connectivity index is 2.80. The van der Waals surface area contributed by atoms with Crippen LogP contribution in [0.2, 0.25) is 10.0 Å². The lowest BCUT2D eigenvalue weighted by molar-refractivity contribution is -0.127. The van der Waals surface area contributed by atoms with Gasteiger partial charge in [-0.25, -0.2) is 0 Å². The van der Waals surface area contributed by atoms with Crippen molar-refractivity contribution in [2.45, 2.75) is 17.1 Å². The SMILES string of the molecule is CC(Sc1cc(Cl)ccc1Cl)C(=O)N(C)C. The molecule has 1 atom stereocenters. The minimum atomic E-state index is -0.175. The summed E-state index contributed by atoms with van der Waals surface area (Å²) in [6.07, 6.45) is 0. The maximum Gasteiger partial charge on any atom is 0.235 e. The number of thioether (sulfide) groups is 1. The van der Waals surface area contributed by atoms with Crippen LogP contribution in [0.3, 0.4) is 0 Å². The van der Waals surface area contributed by atoms with Crippen LogP contribution in [-0.2, 0) is 4.79 Å². The van der Waals surface area contributed by atoms with E-state index < -0.39 is 0 Å². The number of nitrogens with zero attached hydrogens (tertiary/aromatic N) is 1. The van der Waals surface area contributed by atoms with Crippen LogP contribution < -0.4 is 0 Å². The van der Waals surface area contributed by atoms with Crippen LogP contribution >= 0.6 is 35.0 Å². The Morgan fingerprint density at radius 2 is 2.00 bits per heavy atom. The van der Waals surface area contributed by atoms with E-state index >= 15 is 0 Å². The van der Waals surface area contributed by atoms with Crippen LogP contribution in [0.25, 0.3) is 0 Å². The summed E-state index contributed by atoms with van der Waals surface area (Å²) in [5.74, 6) is 0.0565. The normalized spacial score (nSPS) is 12.3. The summed E-state index contributed by atoms with van der Waals surface area (Å²) >= 11 is 13.3. The minimum Gasteiger partial charge on any atom is -0.348 e. The van der Waals surface area contributed by atoms with Crippen molar-refractivity contribution < 1.29 is 4.79 Å².